The summed E-state index contributed by atoms with van der Waals surface area (Å²) in [6.45, 7) is 1.36. The Labute approximate surface area is 148 Å². The number of hydrogen-bond acceptors (Lipinski definition) is 4. The molecule has 1 saturated heterocycles. The highest BCUT2D eigenvalue weighted by molar-refractivity contribution is 5.99. The molecular weight excluding hydrogens is 316 g/mol. The fourth-order valence-electron chi connectivity index (χ4n) is 6.29. The minimum atomic E-state index is -0.310. The lowest BCUT2D eigenvalue weighted by Crippen LogP contribution is -2.55. The van der Waals surface area contributed by atoms with Gasteiger partial charge in [0.15, 0.2) is 0 Å². The summed E-state index contributed by atoms with van der Waals surface area (Å²) < 4.78 is 1.77. The van der Waals surface area contributed by atoms with Crippen LogP contribution >= 0.6 is 0 Å². The van der Waals surface area contributed by atoms with E-state index in [0.29, 0.717) is 30.0 Å². The number of nitrogens with zero attached hydrogens (tertiary/aromatic N) is 3. The molecule has 5 fully saturated rings. The number of aryl methyl sites for hydroxylation is 1. The highest BCUT2D eigenvalue weighted by atomic mass is 16.3. The number of amides is 1. The average Bonchev–Trinajstić information content (AvgIpc) is 3.15. The number of nitrogens with one attached hydrogen (secondary N) is 1. The molecule has 1 aromatic rings. The predicted octanol–water partition coefficient (Wildman–Crippen LogP) is 1.55. The van der Waals surface area contributed by atoms with E-state index in [9.17, 15) is 9.90 Å². The van der Waals surface area contributed by atoms with Crippen LogP contribution < -0.4 is 10.2 Å². The zero-order chi connectivity index (χ0) is 17.1. The number of anilines is 1. The molecule has 6 nitrogen and oxygen atoms in total. The fraction of sp³-hybridized carbons (Fsp3) is 0.789. The van der Waals surface area contributed by atoms with E-state index in [2.05, 4.69) is 15.3 Å². The van der Waals surface area contributed by atoms with Crippen molar-refractivity contribution in [2.75, 3.05) is 18.0 Å². The Kier molecular flexibility index (Phi) is 3.59. The number of aliphatic hydroxyl groups excluding tert-OH is 1. The van der Waals surface area contributed by atoms with E-state index < -0.39 is 0 Å². The normalized spacial score (nSPS) is 39.2. The van der Waals surface area contributed by atoms with E-state index in [-0.39, 0.29) is 12.0 Å². The van der Waals surface area contributed by atoms with E-state index in [1.807, 2.05) is 7.05 Å². The van der Waals surface area contributed by atoms with Crippen LogP contribution in [0.2, 0.25) is 0 Å². The lowest BCUT2D eigenvalue weighted by Gasteiger charge is -2.54. The second-order valence-corrected chi connectivity index (χ2v) is 8.82. The van der Waals surface area contributed by atoms with Crippen molar-refractivity contribution >= 4 is 11.7 Å². The summed E-state index contributed by atoms with van der Waals surface area (Å²) in [5.41, 5.74) is 0.658. The van der Waals surface area contributed by atoms with Gasteiger partial charge in [-0.15, -0.1) is 0 Å². The Morgan fingerprint density at radius 3 is 2.48 bits per heavy atom. The molecule has 1 aliphatic heterocycles. The Bertz CT molecular complexity index is 657. The molecule has 1 amide bonds. The first-order chi connectivity index (χ1) is 12.1. The third kappa shape index (κ3) is 2.57. The number of aromatic nitrogens is 2. The molecule has 0 aromatic carbocycles. The average molecular weight is 344 g/mol. The summed E-state index contributed by atoms with van der Waals surface area (Å²) in [5, 5.41) is 17.6. The standard InChI is InChI=1S/C19H28N4O2/c1-22-19(23-3-2-15(24)10-23)16(9-20-22)18(25)21-17-13-5-11-4-12(7-13)8-14(17)6-11/h9,11-15,17,24H,2-8,10H2,1H3,(H,21,25)/t11?,12?,13?,14?,15-,17?/m1/s1. The quantitative estimate of drug-likeness (QED) is 0.873. The zero-order valence-electron chi connectivity index (χ0n) is 14.9. The van der Waals surface area contributed by atoms with Gasteiger partial charge in [-0.2, -0.15) is 5.10 Å². The Morgan fingerprint density at radius 1 is 1.20 bits per heavy atom. The minimum Gasteiger partial charge on any atom is -0.391 e. The Morgan fingerprint density at radius 2 is 1.88 bits per heavy atom. The van der Waals surface area contributed by atoms with Gasteiger partial charge in [-0.05, 0) is 62.2 Å². The number of aliphatic hydroxyl groups is 1. The molecule has 2 N–H and O–H groups in total. The summed E-state index contributed by atoms with van der Waals surface area (Å²) in [6, 6.07) is 0.345. The number of carbonyl (C=O) groups is 1. The van der Waals surface area contributed by atoms with Crippen LogP contribution in [0.4, 0.5) is 5.82 Å². The van der Waals surface area contributed by atoms with Crippen LogP contribution in [0, 0.1) is 23.7 Å². The van der Waals surface area contributed by atoms with E-state index in [1.165, 1.54) is 32.1 Å². The molecule has 1 aromatic heterocycles. The van der Waals surface area contributed by atoms with Crippen LogP contribution in [-0.2, 0) is 7.05 Å². The first-order valence-corrected chi connectivity index (χ1v) is 9.84. The van der Waals surface area contributed by atoms with Gasteiger partial charge in [-0.3, -0.25) is 9.48 Å². The molecule has 6 heteroatoms. The highest BCUT2D eigenvalue weighted by Crippen LogP contribution is 2.53. The molecule has 6 rings (SSSR count). The molecule has 2 heterocycles. The summed E-state index contributed by atoms with van der Waals surface area (Å²) in [5.74, 6) is 4.04. The summed E-state index contributed by atoms with van der Waals surface area (Å²) in [4.78, 5) is 15.1. The van der Waals surface area contributed by atoms with Crippen molar-refractivity contribution < 1.29 is 9.90 Å². The van der Waals surface area contributed by atoms with Gasteiger partial charge in [0, 0.05) is 26.2 Å². The minimum absolute atomic E-state index is 0.0157. The van der Waals surface area contributed by atoms with Gasteiger partial charge in [0.2, 0.25) is 0 Å². The van der Waals surface area contributed by atoms with Gasteiger partial charge in [0.25, 0.3) is 5.91 Å². The van der Waals surface area contributed by atoms with Gasteiger partial charge < -0.3 is 15.3 Å². The molecule has 136 valence electrons. The van der Waals surface area contributed by atoms with Crippen molar-refractivity contribution in [3.8, 4) is 0 Å². The summed E-state index contributed by atoms with van der Waals surface area (Å²) >= 11 is 0. The van der Waals surface area contributed by atoms with Crippen molar-refractivity contribution in [3.05, 3.63) is 11.8 Å². The maximum absolute atomic E-state index is 13.1. The highest BCUT2D eigenvalue weighted by Gasteiger charge is 2.48. The van der Waals surface area contributed by atoms with Crippen LogP contribution in [-0.4, -0.2) is 46.0 Å². The summed E-state index contributed by atoms with van der Waals surface area (Å²) in [7, 11) is 1.87. The van der Waals surface area contributed by atoms with Crippen LogP contribution in [0.1, 0.15) is 48.9 Å². The molecule has 0 unspecified atom stereocenters. The van der Waals surface area contributed by atoms with Gasteiger partial charge in [0.05, 0.1) is 12.3 Å². The molecule has 25 heavy (non-hydrogen) atoms. The Balaban J connectivity index is 1.35. The molecule has 4 bridgehead atoms. The number of rotatable bonds is 3. The molecule has 4 aliphatic carbocycles. The molecule has 4 saturated carbocycles. The van der Waals surface area contributed by atoms with E-state index in [4.69, 9.17) is 0 Å². The van der Waals surface area contributed by atoms with Gasteiger partial charge in [0.1, 0.15) is 11.4 Å². The maximum Gasteiger partial charge on any atom is 0.256 e. The van der Waals surface area contributed by atoms with Crippen molar-refractivity contribution in [2.45, 2.75) is 50.7 Å². The second-order valence-electron chi connectivity index (χ2n) is 8.82. The van der Waals surface area contributed by atoms with E-state index >= 15 is 0 Å². The molecular formula is C19H28N4O2. The van der Waals surface area contributed by atoms with Crippen molar-refractivity contribution in [1.82, 2.24) is 15.1 Å². The smallest absolute Gasteiger partial charge is 0.256 e. The van der Waals surface area contributed by atoms with Crippen molar-refractivity contribution in [3.63, 3.8) is 0 Å². The van der Waals surface area contributed by atoms with Crippen LogP contribution in [0.15, 0.2) is 6.20 Å². The maximum atomic E-state index is 13.1. The molecule has 0 radical (unpaired) electrons. The molecule has 1 atom stereocenters. The van der Waals surface area contributed by atoms with Gasteiger partial charge >= 0.3 is 0 Å². The van der Waals surface area contributed by atoms with Crippen LogP contribution in [0.25, 0.3) is 0 Å². The predicted molar refractivity (Wildman–Crippen MR) is 94.3 cm³/mol. The van der Waals surface area contributed by atoms with Crippen molar-refractivity contribution in [2.24, 2.45) is 30.7 Å². The third-order valence-electron chi connectivity index (χ3n) is 7.14. The second kappa shape index (κ2) is 5.73. The number of β-amino-alcohol motifs (C(OH)–C–C–N with tert-alkyl or cyclic N) is 1. The summed E-state index contributed by atoms with van der Waals surface area (Å²) in [6.07, 6.45) is 8.76. The monoisotopic (exact) mass is 344 g/mol. The first kappa shape index (κ1) is 15.7. The molecule has 0 spiro atoms. The fourth-order valence-corrected chi connectivity index (χ4v) is 6.29. The number of hydrogen-bond donors (Lipinski definition) is 2. The van der Waals surface area contributed by atoms with Gasteiger partial charge in [-0.1, -0.05) is 0 Å². The largest absolute Gasteiger partial charge is 0.391 e. The first-order valence-electron chi connectivity index (χ1n) is 9.84. The topological polar surface area (TPSA) is 70.4 Å². The van der Waals surface area contributed by atoms with Crippen molar-refractivity contribution in [1.29, 1.82) is 0 Å². The molecule has 5 aliphatic rings. The van der Waals surface area contributed by atoms with E-state index in [1.54, 1.807) is 10.9 Å². The third-order valence-corrected chi connectivity index (χ3v) is 7.14. The van der Waals surface area contributed by atoms with E-state index in [0.717, 1.165) is 30.6 Å². The Hall–Kier alpha value is -1.56. The SMILES string of the molecule is Cn1ncc(C(=O)NC2C3CC4CC(C3)CC2C4)c1N1CC[C@@H](O)C1. The van der Waals surface area contributed by atoms with Gasteiger partial charge in [-0.25, -0.2) is 0 Å². The number of carbonyl (C=O) groups excluding carboxylic acids is 1. The van der Waals surface area contributed by atoms with Crippen LogP contribution in [0.5, 0.6) is 0 Å². The zero-order valence-corrected chi connectivity index (χ0v) is 14.9. The van der Waals surface area contributed by atoms with Crippen LogP contribution in [0.3, 0.4) is 0 Å². The lowest BCUT2D eigenvalue weighted by molar-refractivity contribution is -0.0119. The lowest BCUT2D eigenvalue weighted by atomic mass is 9.54.